The molecular formula is C15H24N2O. The van der Waals surface area contributed by atoms with Gasteiger partial charge in [0.2, 0.25) is 0 Å². The van der Waals surface area contributed by atoms with Gasteiger partial charge in [0.1, 0.15) is 5.75 Å². The van der Waals surface area contributed by atoms with Crippen LogP contribution in [-0.4, -0.2) is 30.6 Å². The number of piperidine rings is 1. The molecule has 1 aromatic rings. The third-order valence-corrected chi connectivity index (χ3v) is 3.72. The van der Waals surface area contributed by atoms with Gasteiger partial charge in [-0.15, -0.1) is 0 Å². The van der Waals surface area contributed by atoms with Crippen LogP contribution in [-0.2, 0) is 6.54 Å². The molecule has 3 heteroatoms. The average molecular weight is 248 g/mol. The van der Waals surface area contributed by atoms with E-state index in [1.165, 1.54) is 5.56 Å². The molecule has 1 aromatic carbocycles. The highest BCUT2D eigenvalue weighted by Crippen LogP contribution is 2.23. The number of nitrogens with zero attached hydrogens (tertiary/aromatic N) is 1. The Kier molecular flexibility index (Phi) is 4.61. The van der Waals surface area contributed by atoms with Gasteiger partial charge in [0.25, 0.3) is 0 Å². The number of ether oxygens (including phenoxy) is 1. The standard InChI is InChI=1S/C15H24N2O/c1-3-18-15-7-5-4-6-13(15)11-17-9-8-14(16)12(2)10-17/h4-7,12,14H,3,8-11,16H2,1-2H3. The lowest BCUT2D eigenvalue weighted by Gasteiger charge is -2.35. The maximum absolute atomic E-state index is 6.06. The second-order valence-electron chi connectivity index (χ2n) is 5.21. The predicted octanol–water partition coefficient (Wildman–Crippen LogP) is 2.25. The Labute approximate surface area is 110 Å². The minimum atomic E-state index is 0.364. The summed E-state index contributed by atoms with van der Waals surface area (Å²) in [5.74, 6) is 1.60. The van der Waals surface area contributed by atoms with Gasteiger partial charge in [-0.3, -0.25) is 4.90 Å². The zero-order valence-electron chi connectivity index (χ0n) is 11.4. The van der Waals surface area contributed by atoms with E-state index in [1.54, 1.807) is 0 Å². The lowest BCUT2D eigenvalue weighted by atomic mass is 9.94. The van der Waals surface area contributed by atoms with Crippen molar-refractivity contribution in [1.82, 2.24) is 4.90 Å². The Bertz CT molecular complexity index is 381. The molecule has 0 bridgehead atoms. The monoisotopic (exact) mass is 248 g/mol. The molecule has 0 radical (unpaired) electrons. The van der Waals surface area contributed by atoms with Crippen LogP contribution >= 0.6 is 0 Å². The van der Waals surface area contributed by atoms with E-state index in [4.69, 9.17) is 10.5 Å². The first-order valence-corrected chi connectivity index (χ1v) is 6.89. The molecule has 1 aliphatic heterocycles. The maximum Gasteiger partial charge on any atom is 0.123 e. The molecule has 0 aliphatic carbocycles. The van der Waals surface area contributed by atoms with Crippen molar-refractivity contribution in [2.24, 2.45) is 11.7 Å². The van der Waals surface area contributed by atoms with Crippen molar-refractivity contribution in [2.45, 2.75) is 32.9 Å². The fourth-order valence-electron chi connectivity index (χ4n) is 2.57. The summed E-state index contributed by atoms with van der Waals surface area (Å²) in [6.45, 7) is 8.13. The number of nitrogens with two attached hydrogens (primary N) is 1. The van der Waals surface area contributed by atoms with Crippen LogP contribution in [0.3, 0.4) is 0 Å². The van der Waals surface area contributed by atoms with Crippen molar-refractivity contribution in [1.29, 1.82) is 0 Å². The molecule has 100 valence electrons. The van der Waals surface area contributed by atoms with Gasteiger partial charge in [-0.25, -0.2) is 0 Å². The van der Waals surface area contributed by atoms with Crippen LogP contribution in [0.25, 0.3) is 0 Å². The smallest absolute Gasteiger partial charge is 0.123 e. The third-order valence-electron chi connectivity index (χ3n) is 3.72. The second-order valence-corrected chi connectivity index (χ2v) is 5.21. The minimum absolute atomic E-state index is 0.364. The van der Waals surface area contributed by atoms with Crippen LogP contribution in [0.1, 0.15) is 25.8 Å². The summed E-state index contributed by atoms with van der Waals surface area (Å²) >= 11 is 0. The summed E-state index contributed by atoms with van der Waals surface area (Å²) in [4.78, 5) is 2.48. The topological polar surface area (TPSA) is 38.5 Å². The zero-order valence-corrected chi connectivity index (χ0v) is 11.4. The molecule has 0 aromatic heterocycles. The zero-order chi connectivity index (χ0) is 13.0. The quantitative estimate of drug-likeness (QED) is 0.888. The third kappa shape index (κ3) is 3.24. The molecule has 1 saturated heterocycles. The fourth-order valence-corrected chi connectivity index (χ4v) is 2.57. The van der Waals surface area contributed by atoms with E-state index in [9.17, 15) is 0 Å². The van der Waals surface area contributed by atoms with Crippen molar-refractivity contribution < 1.29 is 4.74 Å². The van der Waals surface area contributed by atoms with Crippen LogP contribution < -0.4 is 10.5 Å². The lowest BCUT2D eigenvalue weighted by molar-refractivity contribution is 0.156. The van der Waals surface area contributed by atoms with Crippen LogP contribution in [0.15, 0.2) is 24.3 Å². The van der Waals surface area contributed by atoms with Crippen LogP contribution in [0.5, 0.6) is 5.75 Å². The summed E-state index contributed by atoms with van der Waals surface area (Å²) < 4.78 is 5.68. The molecule has 1 fully saturated rings. The number of hydrogen-bond donors (Lipinski definition) is 1. The summed E-state index contributed by atoms with van der Waals surface area (Å²) in [6, 6.07) is 8.69. The highest BCUT2D eigenvalue weighted by Gasteiger charge is 2.23. The van der Waals surface area contributed by atoms with Crippen molar-refractivity contribution in [2.75, 3.05) is 19.7 Å². The lowest BCUT2D eigenvalue weighted by Crippen LogP contribution is -2.45. The Morgan fingerprint density at radius 3 is 2.89 bits per heavy atom. The van der Waals surface area contributed by atoms with E-state index in [2.05, 4.69) is 30.0 Å². The largest absolute Gasteiger partial charge is 0.494 e. The van der Waals surface area contributed by atoms with Gasteiger partial charge in [0.15, 0.2) is 0 Å². The van der Waals surface area contributed by atoms with E-state index < -0.39 is 0 Å². The SMILES string of the molecule is CCOc1ccccc1CN1CCC(N)C(C)C1. The first kappa shape index (κ1) is 13.4. The highest BCUT2D eigenvalue weighted by molar-refractivity contribution is 5.33. The Hall–Kier alpha value is -1.06. The Balaban J connectivity index is 2.01. The van der Waals surface area contributed by atoms with Crippen LogP contribution in [0.2, 0.25) is 0 Å². The van der Waals surface area contributed by atoms with Gasteiger partial charge in [-0.2, -0.15) is 0 Å². The van der Waals surface area contributed by atoms with E-state index in [0.29, 0.717) is 12.0 Å². The van der Waals surface area contributed by atoms with Gasteiger partial charge in [0.05, 0.1) is 6.61 Å². The molecule has 2 unspecified atom stereocenters. The predicted molar refractivity (Wildman–Crippen MR) is 74.6 cm³/mol. The normalized spacial score (nSPS) is 25.1. The van der Waals surface area contributed by atoms with Gasteiger partial charge >= 0.3 is 0 Å². The van der Waals surface area contributed by atoms with Gasteiger partial charge < -0.3 is 10.5 Å². The molecule has 0 spiro atoms. The molecule has 0 amide bonds. The average Bonchev–Trinajstić information content (AvgIpc) is 2.37. The molecule has 3 nitrogen and oxygen atoms in total. The first-order valence-electron chi connectivity index (χ1n) is 6.89. The molecule has 2 N–H and O–H groups in total. The van der Waals surface area contributed by atoms with Crippen molar-refractivity contribution in [3.63, 3.8) is 0 Å². The van der Waals surface area contributed by atoms with Crippen molar-refractivity contribution in [3.8, 4) is 5.75 Å². The summed E-state index contributed by atoms with van der Waals surface area (Å²) in [5, 5.41) is 0. The highest BCUT2D eigenvalue weighted by atomic mass is 16.5. The molecule has 1 aliphatic rings. The summed E-state index contributed by atoms with van der Waals surface area (Å²) in [5.41, 5.74) is 7.34. The second kappa shape index (κ2) is 6.21. The van der Waals surface area contributed by atoms with Gasteiger partial charge in [-0.1, -0.05) is 25.1 Å². The van der Waals surface area contributed by atoms with Crippen molar-refractivity contribution in [3.05, 3.63) is 29.8 Å². The number of hydrogen-bond acceptors (Lipinski definition) is 3. The van der Waals surface area contributed by atoms with Gasteiger partial charge in [0, 0.05) is 24.7 Å². The first-order chi connectivity index (χ1) is 8.70. The van der Waals surface area contributed by atoms with Gasteiger partial charge in [-0.05, 0) is 31.9 Å². The van der Waals surface area contributed by atoms with E-state index >= 15 is 0 Å². The van der Waals surface area contributed by atoms with E-state index in [1.807, 2.05) is 13.0 Å². The molecule has 2 rings (SSSR count). The van der Waals surface area contributed by atoms with Crippen LogP contribution in [0.4, 0.5) is 0 Å². The number of benzene rings is 1. The number of likely N-dealkylation sites (tertiary alicyclic amines) is 1. The molecule has 2 atom stereocenters. The maximum atomic E-state index is 6.06. The fraction of sp³-hybridized carbons (Fsp3) is 0.600. The Morgan fingerprint density at radius 2 is 2.17 bits per heavy atom. The number of rotatable bonds is 4. The van der Waals surface area contributed by atoms with E-state index in [-0.39, 0.29) is 0 Å². The molecule has 0 saturated carbocycles. The Morgan fingerprint density at radius 1 is 1.39 bits per heavy atom. The summed E-state index contributed by atoms with van der Waals surface area (Å²) in [6.07, 6.45) is 1.10. The minimum Gasteiger partial charge on any atom is -0.494 e. The van der Waals surface area contributed by atoms with Crippen molar-refractivity contribution >= 4 is 0 Å². The van der Waals surface area contributed by atoms with E-state index in [0.717, 1.165) is 38.4 Å². The van der Waals surface area contributed by atoms with Crippen LogP contribution in [0, 0.1) is 5.92 Å². The molecule has 18 heavy (non-hydrogen) atoms. The summed E-state index contributed by atoms with van der Waals surface area (Å²) in [7, 11) is 0. The number of para-hydroxylation sites is 1. The molecular weight excluding hydrogens is 224 g/mol. The molecule has 1 heterocycles.